The van der Waals surface area contributed by atoms with Gasteiger partial charge in [0, 0.05) is 31.4 Å². The van der Waals surface area contributed by atoms with Gasteiger partial charge in [0.2, 0.25) is 0 Å². The molecule has 0 aromatic heterocycles. The van der Waals surface area contributed by atoms with Gasteiger partial charge in [-0.3, -0.25) is 0 Å². The minimum atomic E-state index is -0.419. The molecule has 0 heterocycles. The first kappa shape index (κ1) is 13.0. The summed E-state index contributed by atoms with van der Waals surface area (Å²) in [7, 11) is 6.19. The highest BCUT2D eigenvalue weighted by Gasteiger charge is 2.10. The minimum absolute atomic E-state index is 0.419. The summed E-state index contributed by atoms with van der Waals surface area (Å²) in [6, 6.07) is 8.00. The van der Waals surface area contributed by atoms with Crippen molar-refractivity contribution in [2.45, 2.75) is 13.0 Å². The standard InChI is InChI=1S/C13H22N2O/c1-11(16)12-7-5-6-8-13(12)15(4)10-9-14(2)3/h5-8,11,16H,9-10H2,1-4H3/t11-/m1/s1. The highest BCUT2D eigenvalue weighted by Crippen LogP contribution is 2.24. The van der Waals surface area contributed by atoms with Crippen molar-refractivity contribution in [3.8, 4) is 0 Å². The normalized spacial score (nSPS) is 12.9. The first-order valence-electron chi connectivity index (χ1n) is 5.65. The number of anilines is 1. The van der Waals surface area contributed by atoms with Gasteiger partial charge in [-0.05, 0) is 27.1 Å². The highest BCUT2D eigenvalue weighted by molar-refractivity contribution is 5.53. The maximum Gasteiger partial charge on any atom is 0.0781 e. The van der Waals surface area contributed by atoms with Crippen LogP contribution in [0, 0.1) is 0 Å². The first-order chi connectivity index (χ1) is 7.52. The van der Waals surface area contributed by atoms with E-state index in [0.717, 1.165) is 24.3 Å². The van der Waals surface area contributed by atoms with Crippen LogP contribution in [0.2, 0.25) is 0 Å². The van der Waals surface area contributed by atoms with Crippen molar-refractivity contribution in [1.82, 2.24) is 4.90 Å². The molecule has 1 aromatic rings. The van der Waals surface area contributed by atoms with Gasteiger partial charge in [-0.2, -0.15) is 0 Å². The van der Waals surface area contributed by atoms with E-state index >= 15 is 0 Å². The van der Waals surface area contributed by atoms with Crippen molar-refractivity contribution in [1.29, 1.82) is 0 Å². The molecule has 0 saturated heterocycles. The molecule has 1 aromatic carbocycles. The van der Waals surface area contributed by atoms with Gasteiger partial charge in [0.1, 0.15) is 0 Å². The molecular formula is C13H22N2O. The Morgan fingerprint density at radius 3 is 2.31 bits per heavy atom. The van der Waals surface area contributed by atoms with E-state index in [1.165, 1.54) is 0 Å². The predicted octanol–water partition coefficient (Wildman–Crippen LogP) is 1.74. The molecule has 3 heteroatoms. The lowest BCUT2D eigenvalue weighted by atomic mass is 10.1. The van der Waals surface area contributed by atoms with Gasteiger partial charge in [0.05, 0.1) is 6.10 Å². The summed E-state index contributed by atoms with van der Waals surface area (Å²) >= 11 is 0. The number of benzene rings is 1. The summed E-state index contributed by atoms with van der Waals surface area (Å²) < 4.78 is 0. The van der Waals surface area contributed by atoms with Crippen molar-refractivity contribution in [2.24, 2.45) is 0 Å². The molecule has 0 aliphatic rings. The third kappa shape index (κ3) is 3.51. The zero-order chi connectivity index (χ0) is 12.1. The van der Waals surface area contributed by atoms with Crippen LogP contribution >= 0.6 is 0 Å². The predicted molar refractivity (Wildman–Crippen MR) is 68.9 cm³/mol. The lowest BCUT2D eigenvalue weighted by molar-refractivity contribution is 0.199. The Morgan fingerprint density at radius 2 is 1.75 bits per heavy atom. The Balaban J connectivity index is 2.77. The molecule has 1 N–H and O–H groups in total. The molecule has 0 unspecified atom stereocenters. The Bertz CT molecular complexity index is 323. The molecule has 90 valence electrons. The van der Waals surface area contributed by atoms with Gasteiger partial charge in [-0.25, -0.2) is 0 Å². The van der Waals surface area contributed by atoms with E-state index in [9.17, 15) is 5.11 Å². The monoisotopic (exact) mass is 222 g/mol. The van der Waals surface area contributed by atoms with Crippen molar-refractivity contribution in [3.05, 3.63) is 29.8 Å². The average molecular weight is 222 g/mol. The Kier molecular flexibility index (Phi) is 4.77. The summed E-state index contributed by atoms with van der Waals surface area (Å²) in [5.41, 5.74) is 2.10. The smallest absolute Gasteiger partial charge is 0.0781 e. The minimum Gasteiger partial charge on any atom is -0.389 e. The molecule has 0 radical (unpaired) electrons. The van der Waals surface area contributed by atoms with Gasteiger partial charge in [0.15, 0.2) is 0 Å². The maximum atomic E-state index is 9.69. The van der Waals surface area contributed by atoms with Crippen LogP contribution in [0.15, 0.2) is 24.3 Å². The molecule has 0 aliphatic carbocycles. The van der Waals surface area contributed by atoms with Crippen molar-refractivity contribution in [2.75, 3.05) is 39.1 Å². The van der Waals surface area contributed by atoms with Crippen molar-refractivity contribution < 1.29 is 5.11 Å². The zero-order valence-electron chi connectivity index (χ0n) is 10.6. The van der Waals surface area contributed by atoms with Gasteiger partial charge < -0.3 is 14.9 Å². The number of hydrogen-bond donors (Lipinski definition) is 1. The summed E-state index contributed by atoms with van der Waals surface area (Å²) in [5.74, 6) is 0. The van der Waals surface area contributed by atoms with E-state index < -0.39 is 6.10 Å². The fourth-order valence-corrected chi connectivity index (χ4v) is 1.66. The third-order valence-electron chi connectivity index (χ3n) is 2.68. The molecule has 0 aliphatic heterocycles. The van der Waals surface area contributed by atoms with Crippen LogP contribution in [0.3, 0.4) is 0 Å². The molecule has 16 heavy (non-hydrogen) atoms. The quantitative estimate of drug-likeness (QED) is 0.822. The van der Waals surface area contributed by atoms with E-state index in [1.807, 2.05) is 18.2 Å². The number of aliphatic hydroxyl groups is 1. The van der Waals surface area contributed by atoms with Crippen LogP contribution in [0.4, 0.5) is 5.69 Å². The molecule has 0 amide bonds. The Labute approximate surface area is 98.3 Å². The third-order valence-corrected chi connectivity index (χ3v) is 2.68. The van der Waals surface area contributed by atoms with Gasteiger partial charge >= 0.3 is 0 Å². The fourth-order valence-electron chi connectivity index (χ4n) is 1.66. The van der Waals surface area contributed by atoms with Crippen LogP contribution in [-0.2, 0) is 0 Å². The molecule has 0 spiro atoms. The lowest BCUT2D eigenvalue weighted by Gasteiger charge is -2.25. The highest BCUT2D eigenvalue weighted by atomic mass is 16.3. The van der Waals surface area contributed by atoms with Gasteiger partial charge in [0.25, 0.3) is 0 Å². The summed E-state index contributed by atoms with van der Waals surface area (Å²) in [4.78, 5) is 4.34. The van der Waals surface area contributed by atoms with Crippen molar-refractivity contribution in [3.63, 3.8) is 0 Å². The molecule has 0 bridgehead atoms. The Morgan fingerprint density at radius 1 is 1.12 bits per heavy atom. The molecule has 1 atom stereocenters. The second kappa shape index (κ2) is 5.87. The maximum absolute atomic E-state index is 9.69. The number of likely N-dealkylation sites (N-methyl/N-ethyl adjacent to an activating group) is 2. The van der Waals surface area contributed by atoms with Gasteiger partial charge in [-0.15, -0.1) is 0 Å². The van der Waals surface area contributed by atoms with Crippen molar-refractivity contribution >= 4 is 5.69 Å². The number of nitrogens with zero attached hydrogens (tertiary/aromatic N) is 2. The number of aliphatic hydroxyl groups excluding tert-OH is 1. The van der Waals surface area contributed by atoms with E-state index in [-0.39, 0.29) is 0 Å². The summed E-state index contributed by atoms with van der Waals surface area (Å²) in [6.45, 7) is 3.76. The number of hydrogen-bond acceptors (Lipinski definition) is 3. The summed E-state index contributed by atoms with van der Waals surface area (Å²) in [6.07, 6.45) is -0.419. The van der Waals surface area contributed by atoms with E-state index in [2.05, 4.69) is 37.0 Å². The lowest BCUT2D eigenvalue weighted by Crippen LogP contribution is -2.29. The number of para-hydroxylation sites is 1. The van der Waals surface area contributed by atoms with Crippen LogP contribution in [-0.4, -0.2) is 44.2 Å². The zero-order valence-corrected chi connectivity index (χ0v) is 10.6. The number of rotatable bonds is 5. The Hall–Kier alpha value is -1.06. The first-order valence-corrected chi connectivity index (χ1v) is 5.65. The second-order valence-electron chi connectivity index (χ2n) is 4.46. The van der Waals surface area contributed by atoms with Crippen LogP contribution in [0.5, 0.6) is 0 Å². The molecule has 1 rings (SSSR count). The topological polar surface area (TPSA) is 26.7 Å². The van der Waals surface area contributed by atoms with Crippen LogP contribution in [0.1, 0.15) is 18.6 Å². The summed E-state index contributed by atoms with van der Waals surface area (Å²) in [5, 5.41) is 9.69. The molecular weight excluding hydrogens is 200 g/mol. The van der Waals surface area contributed by atoms with E-state index in [1.54, 1.807) is 6.92 Å². The van der Waals surface area contributed by atoms with Crippen LogP contribution in [0.25, 0.3) is 0 Å². The molecule has 3 nitrogen and oxygen atoms in total. The van der Waals surface area contributed by atoms with E-state index in [0.29, 0.717) is 0 Å². The van der Waals surface area contributed by atoms with Gasteiger partial charge in [-0.1, -0.05) is 18.2 Å². The fraction of sp³-hybridized carbons (Fsp3) is 0.538. The second-order valence-corrected chi connectivity index (χ2v) is 4.46. The van der Waals surface area contributed by atoms with Crippen LogP contribution < -0.4 is 4.90 Å². The molecule has 0 fully saturated rings. The SMILES string of the molecule is C[C@@H](O)c1ccccc1N(C)CCN(C)C. The molecule has 0 saturated carbocycles. The largest absolute Gasteiger partial charge is 0.389 e. The van der Waals surface area contributed by atoms with E-state index in [4.69, 9.17) is 0 Å². The average Bonchev–Trinajstić information content (AvgIpc) is 2.25.